The highest BCUT2D eigenvalue weighted by Crippen LogP contribution is 2.18. The average molecular weight is 302 g/mol. The molecule has 0 amide bonds. The minimum Gasteiger partial charge on any atom is -0.379 e. The summed E-state index contributed by atoms with van der Waals surface area (Å²) < 4.78 is 5.39. The zero-order valence-corrected chi connectivity index (χ0v) is 13.3. The van der Waals surface area contributed by atoms with Gasteiger partial charge in [-0.2, -0.15) is 0 Å². The number of hydrogen-bond acceptors (Lipinski definition) is 3. The Balaban J connectivity index is 1.46. The van der Waals surface area contributed by atoms with Gasteiger partial charge in [-0.3, -0.25) is 9.89 Å². The van der Waals surface area contributed by atoms with Gasteiger partial charge in [-0.15, -0.1) is 0 Å². The third-order valence-electron chi connectivity index (χ3n) is 4.13. The van der Waals surface area contributed by atoms with Crippen LogP contribution < -0.4 is 10.6 Å². The first kappa shape index (κ1) is 15.3. The van der Waals surface area contributed by atoms with Gasteiger partial charge < -0.3 is 15.4 Å². The van der Waals surface area contributed by atoms with E-state index in [9.17, 15) is 0 Å². The molecular weight excluding hydrogens is 276 g/mol. The van der Waals surface area contributed by atoms with Crippen molar-refractivity contribution in [1.82, 2.24) is 15.5 Å². The van der Waals surface area contributed by atoms with Crippen LogP contribution in [-0.4, -0.2) is 50.3 Å². The Bertz CT molecular complexity index is 490. The summed E-state index contributed by atoms with van der Waals surface area (Å²) in [6.07, 6.45) is 2.52. The fourth-order valence-electron chi connectivity index (χ4n) is 2.58. The Hall–Kier alpha value is -1.59. The van der Waals surface area contributed by atoms with E-state index in [4.69, 9.17) is 4.74 Å². The Morgan fingerprint density at radius 3 is 2.50 bits per heavy atom. The van der Waals surface area contributed by atoms with Gasteiger partial charge in [0, 0.05) is 39.3 Å². The molecule has 1 heterocycles. The smallest absolute Gasteiger partial charge is 0.191 e. The Morgan fingerprint density at radius 2 is 1.86 bits per heavy atom. The lowest BCUT2D eigenvalue weighted by molar-refractivity contribution is 0.0342. The maximum Gasteiger partial charge on any atom is 0.191 e. The molecule has 0 bridgehead atoms. The van der Waals surface area contributed by atoms with E-state index in [0.717, 1.165) is 45.4 Å². The fourth-order valence-corrected chi connectivity index (χ4v) is 2.58. The van der Waals surface area contributed by atoms with Gasteiger partial charge in [0.15, 0.2) is 5.96 Å². The molecule has 2 aliphatic rings. The van der Waals surface area contributed by atoms with Crippen LogP contribution in [0.3, 0.4) is 0 Å². The minimum atomic E-state index is 0.627. The summed E-state index contributed by atoms with van der Waals surface area (Å²) in [6.45, 7) is 5.61. The van der Waals surface area contributed by atoms with Crippen LogP contribution >= 0.6 is 0 Å². The Labute approximate surface area is 132 Å². The van der Waals surface area contributed by atoms with Crippen molar-refractivity contribution in [3.8, 4) is 0 Å². The van der Waals surface area contributed by atoms with Gasteiger partial charge in [0.2, 0.25) is 0 Å². The molecule has 0 atom stereocenters. The van der Waals surface area contributed by atoms with Crippen molar-refractivity contribution >= 4 is 5.96 Å². The van der Waals surface area contributed by atoms with Gasteiger partial charge in [-0.05, 0) is 24.0 Å². The highest BCUT2D eigenvalue weighted by Gasteiger charge is 2.21. The number of guanidine groups is 1. The zero-order chi connectivity index (χ0) is 15.2. The van der Waals surface area contributed by atoms with E-state index in [2.05, 4.69) is 44.8 Å². The summed E-state index contributed by atoms with van der Waals surface area (Å²) in [5.74, 6) is 0.903. The Morgan fingerprint density at radius 1 is 1.18 bits per heavy atom. The van der Waals surface area contributed by atoms with E-state index in [-0.39, 0.29) is 0 Å². The first-order valence-corrected chi connectivity index (χ1v) is 8.18. The normalized spacial score (nSPS) is 20.0. The molecule has 2 N–H and O–H groups in total. The lowest BCUT2D eigenvalue weighted by atomic mass is 10.1. The first-order valence-electron chi connectivity index (χ1n) is 8.18. The minimum absolute atomic E-state index is 0.627. The lowest BCUT2D eigenvalue weighted by Crippen LogP contribution is -2.38. The highest BCUT2D eigenvalue weighted by molar-refractivity contribution is 5.80. The van der Waals surface area contributed by atoms with Crippen LogP contribution in [0.15, 0.2) is 29.3 Å². The van der Waals surface area contributed by atoms with E-state index in [0.29, 0.717) is 6.04 Å². The molecule has 0 unspecified atom stereocenters. The second-order valence-electron chi connectivity index (χ2n) is 6.05. The Kier molecular flexibility index (Phi) is 5.29. The maximum atomic E-state index is 5.39. The van der Waals surface area contributed by atoms with Gasteiger partial charge in [0.25, 0.3) is 0 Å². The zero-order valence-electron chi connectivity index (χ0n) is 13.3. The summed E-state index contributed by atoms with van der Waals surface area (Å²) in [6, 6.07) is 9.48. The van der Waals surface area contributed by atoms with E-state index < -0.39 is 0 Å². The molecule has 0 spiro atoms. The van der Waals surface area contributed by atoms with Gasteiger partial charge >= 0.3 is 0 Å². The number of benzene rings is 1. The molecule has 1 aliphatic carbocycles. The summed E-state index contributed by atoms with van der Waals surface area (Å²) in [5.41, 5.74) is 2.65. The monoisotopic (exact) mass is 302 g/mol. The molecule has 3 rings (SSSR count). The number of hydrogen-bond donors (Lipinski definition) is 2. The van der Waals surface area contributed by atoms with Crippen molar-refractivity contribution < 1.29 is 4.74 Å². The van der Waals surface area contributed by atoms with Gasteiger partial charge in [-0.25, -0.2) is 0 Å². The van der Waals surface area contributed by atoms with Gasteiger partial charge in [0.1, 0.15) is 0 Å². The SMILES string of the molecule is CN=C(NCc1ccc(CN2CCOCC2)cc1)NC1CC1. The predicted octanol–water partition coefficient (Wildman–Crippen LogP) is 1.35. The summed E-state index contributed by atoms with van der Waals surface area (Å²) >= 11 is 0. The number of nitrogens with zero attached hydrogens (tertiary/aromatic N) is 2. The van der Waals surface area contributed by atoms with Crippen molar-refractivity contribution in [3.05, 3.63) is 35.4 Å². The van der Waals surface area contributed by atoms with Crippen LogP contribution in [0, 0.1) is 0 Å². The largest absolute Gasteiger partial charge is 0.379 e. The number of morpholine rings is 1. The predicted molar refractivity (Wildman–Crippen MR) is 88.9 cm³/mol. The molecule has 0 radical (unpaired) electrons. The molecule has 1 saturated carbocycles. The van der Waals surface area contributed by atoms with Crippen LogP contribution in [-0.2, 0) is 17.8 Å². The molecule has 5 heteroatoms. The molecule has 5 nitrogen and oxygen atoms in total. The third kappa shape index (κ3) is 4.71. The number of ether oxygens (including phenoxy) is 1. The van der Waals surface area contributed by atoms with Crippen molar-refractivity contribution in [2.24, 2.45) is 4.99 Å². The standard InChI is InChI=1S/C17H26N4O/c1-18-17(20-16-6-7-16)19-12-14-2-4-15(5-3-14)13-21-8-10-22-11-9-21/h2-5,16H,6-13H2,1H3,(H2,18,19,20). The molecular formula is C17H26N4O. The van der Waals surface area contributed by atoms with Crippen LogP contribution in [0.2, 0.25) is 0 Å². The molecule has 1 aromatic rings. The fraction of sp³-hybridized carbons (Fsp3) is 0.588. The van der Waals surface area contributed by atoms with Crippen molar-refractivity contribution in [2.75, 3.05) is 33.4 Å². The van der Waals surface area contributed by atoms with E-state index in [1.807, 2.05) is 7.05 Å². The first-order chi connectivity index (χ1) is 10.8. The van der Waals surface area contributed by atoms with Crippen molar-refractivity contribution in [3.63, 3.8) is 0 Å². The van der Waals surface area contributed by atoms with Crippen LogP contribution in [0.5, 0.6) is 0 Å². The van der Waals surface area contributed by atoms with Gasteiger partial charge in [-0.1, -0.05) is 24.3 Å². The molecule has 1 saturated heterocycles. The second kappa shape index (κ2) is 7.61. The molecule has 1 aromatic carbocycles. The second-order valence-corrected chi connectivity index (χ2v) is 6.05. The van der Waals surface area contributed by atoms with E-state index >= 15 is 0 Å². The molecule has 120 valence electrons. The summed E-state index contributed by atoms with van der Waals surface area (Å²) in [7, 11) is 1.82. The highest BCUT2D eigenvalue weighted by atomic mass is 16.5. The molecule has 2 fully saturated rings. The van der Waals surface area contributed by atoms with Crippen LogP contribution in [0.25, 0.3) is 0 Å². The van der Waals surface area contributed by atoms with Crippen molar-refractivity contribution in [2.45, 2.75) is 32.0 Å². The summed E-state index contributed by atoms with van der Waals surface area (Å²) in [5, 5.41) is 6.77. The quantitative estimate of drug-likeness (QED) is 0.637. The van der Waals surface area contributed by atoms with Gasteiger partial charge in [0.05, 0.1) is 13.2 Å². The molecule has 0 aromatic heterocycles. The number of nitrogens with one attached hydrogen (secondary N) is 2. The maximum absolute atomic E-state index is 5.39. The third-order valence-corrected chi connectivity index (χ3v) is 4.13. The van der Waals surface area contributed by atoms with E-state index in [1.54, 1.807) is 0 Å². The lowest BCUT2D eigenvalue weighted by Gasteiger charge is -2.26. The number of rotatable bonds is 5. The average Bonchev–Trinajstić information content (AvgIpc) is 3.38. The number of aliphatic imine (C=N–C) groups is 1. The van der Waals surface area contributed by atoms with E-state index in [1.165, 1.54) is 24.0 Å². The topological polar surface area (TPSA) is 48.9 Å². The summed E-state index contributed by atoms with van der Waals surface area (Å²) in [4.78, 5) is 6.70. The van der Waals surface area contributed by atoms with Crippen LogP contribution in [0.1, 0.15) is 24.0 Å². The molecule has 1 aliphatic heterocycles. The van der Waals surface area contributed by atoms with Crippen molar-refractivity contribution in [1.29, 1.82) is 0 Å². The molecule has 22 heavy (non-hydrogen) atoms. The van der Waals surface area contributed by atoms with Crippen LogP contribution in [0.4, 0.5) is 0 Å².